The van der Waals surface area contributed by atoms with Crippen molar-refractivity contribution in [3.05, 3.63) is 71.0 Å². The molecule has 4 rings (SSSR count). The first-order chi connectivity index (χ1) is 14.1. The van der Waals surface area contributed by atoms with Crippen LogP contribution >= 0.6 is 0 Å². The van der Waals surface area contributed by atoms with Crippen molar-refractivity contribution >= 4 is 17.7 Å². The third-order valence-corrected chi connectivity index (χ3v) is 5.44. The van der Waals surface area contributed by atoms with Gasteiger partial charge in [-0.2, -0.15) is 0 Å². The standard InChI is InChI=1S/C23H27N5O/c1-17-9-8-12-20(15-17)24-23(29)28(16-19-11-6-5-10-18(19)2)22-26-25-21-13-4-3-7-14-27(21)22/h5-6,8-12,15H,3-4,7,13-14,16H2,1-2H3,(H,24,29). The number of aryl methyl sites for hydroxylation is 3. The number of anilines is 2. The maximum atomic E-state index is 13.3. The monoisotopic (exact) mass is 389 g/mol. The molecule has 6 nitrogen and oxygen atoms in total. The highest BCUT2D eigenvalue weighted by atomic mass is 16.2. The zero-order chi connectivity index (χ0) is 20.2. The van der Waals surface area contributed by atoms with Gasteiger partial charge in [0, 0.05) is 18.7 Å². The van der Waals surface area contributed by atoms with Crippen molar-refractivity contribution in [2.24, 2.45) is 0 Å². The molecule has 1 aliphatic heterocycles. The third kappa shape index (κ3) is 4.31. The summed E-state index contributed by atoms with van der Waals surface area (Å²) >= 11 is 0. The highest BCUT2D eigenvalue weighted by Gasteiger charge is 2.25. The van der Waals surface area contributed by atoms with Gasteiger partial charge in [-0.05, 0) is 55.5 Å². The van der Waals surface area contributed by atoms with Crippen LogP contribution in [0, 0.1) is 13.8 Å². The normalized spacial score (nSPS) is 13.4. The summed E-state index contributed by atoms with van der Waals surface area (Å²) in [5, 5.41) is 11.9. The molecule has 2 amide bonds. The van der Waals surface area contributed by atoms with Crippen LogP contribution in [0.3, 0.4) is 0 Å². The molecule has 1 N–H and O–H groups in total. The van der Waals surface area contributed by atoms with Crippen LogP contribution in [0.1, 0.15) is 41.8 Å². The lowest BCUT2D eigenvalue weighted by molar-refractivity contribution is 0.256. The Balaban J connectivity index is 1.68. The van der Waals surface area contributed by atoms with Crippen molar-refractivity contribution < 1.29 is 4.79 Å². The number of nitrogens with one attached hydrogen (secondary N) is 1. The number of urea groups is 1. The van der Waals surface area contributed by atoms with Crippen LogP contribution in [0.2, 0.25) is 0 Å². The molecule has 0 spiro atoms. The molecule has 0 atom stereocenters. The zero-order valence-electron chi connectivity index (χ0n) is 17.1. The number of aromatic nitrogens is 3. The largest absolute Gasteiger partial charge is 0.329 e. The zero-order valence-corrected chi connectivity index (χ0v) is 17.1. The van der Waals surface area contributed by atoms with Crippen molar-refractivity contribution in [1.82, 2.24) is 14.8 Å². The smallest absolute Gasteiger partial charge is 0.307 e. The number of benzene rings is 2. The molecule has 0 fully saturated rings. The quantitative estimate of drug-likeness (QED) is 0.693. The molecule has 29 heavy (non-hydrogen) atoms. The summed E-state index contributed by atoms with van der Waals surface area (Å²) < 4.78 is 2.11. The second-order valence-electron chi connectivity index (χ2n) is 7.69. The Labute approximate surface area is 171 Å². The molecule has 2 aromatic carbocycles. The van der Waals surface area contributed by atoms with Crippen molar-refractivity contribution in [3.8, 4) is 0 Å². The van der Waals surface area contributed by atoms with Crippen LogP contribution in [0.15, 0.2) is 48.5 Å². The molecular weight excluding hydrogens is 362 g/mol. The molecule has 0 radical (unpaired) electrons. The summed E-state index contributed by atoms with van der Waals surface area (Å²) in [4.78, 5) is 15.1. The summed E-state index contributed by atoms with van der Waals surface area (Å²) in [6, 6.07) is 15.8. The third-order valence-electron chi connectivity index (χ3n) is 5.44. The van der Waals surface area contributed by atoms with E-state index in [0.717, 1.165) is 54.0 Å². The van der Waals surface area contributed by atoms with Crippen molar-refractivity contribution in [3.63, 3.8) is 0 Å². The molecule has 1 aliphatic rings. The Morgan fingerprint density at radius 3 is 2.76 bits per heavy atom. The Morgan fingerprint density at radius 1 is 1.07 bits per heavy atom. The minimum Gasteiger partial charge on any atom is -0.307 e. The van der Waals surface area contributed by atoms with Crippen LogP contribution < -0.4 is 10.2 Å². The summed E-state index contributed by atoms with van der Waals surface area (Å²) in [5.74, 6) is 1.59. The van der Waals surface area contributed by atoms with E-state index in [4.69, 9.17) is 0 Å². The van der Waals surface area contributed by atoms with E-state index in [2.05, 4.69) is 39.1 Å². The molecule has 2 heterocycles. The summed E-state index contributed by atoms with van der Waals surface area (Å²) in [5.41, 5.74) is 4.12. The van der Waals surface area contributed by atoms with Gasteiger partial charge < -0.3 is 5.32 Å². The van der Waals surface area contributed by atoms with E-state index < -0.39 is 0 Å². The molecule has 150 valence electrons. The SMILES string of the molecule is Cc1cccc(NC(=O)N(Cc2ccccc2C)c2nnc3n2CCCCC3)c1. The first-order valence-corrected chi connectivity index (χ1v) is 10.2. The van der Waals surface area contributed by atoms with Gasteiger partial charge in [0.2, 0.25) is 5.95 Å². The van der Waals surface area contributed by atoms with Gasteiger partial charge >= 0.3 is 6.03 Å². The van der Waals surface area contributed by atoms with Crippen LogP contribution in [0.4, 0.5) is 16.4 Å². The second-order valence-corrected chi connectivity index (χ2v) is 7.69. The van der Waals surface area contributed by atoms with Gasteiger partial charge in [0.15, 0.2) is 0 Å². The van der Waals surface area contributed by atoms with E-state index in [0.29, 0.717) is 12.5 Å². The molecule has 0 aliphatic carbocycles. The number of nitrogens with zero attached hydrogens (tertiary/aromatic N) is 4. The topological polar surface area (TPSA) is 63.1 Å². The first-order valence-electron chi connectivity index (χ1n) is 10.2. The number of hydrogen-bond donors (Lipinski definition) is 1. The average molecular weight is 390 g/mol. The van der Waals surface area contributed by atoms with Gasteiger partial charge in [0.25, 0.3) is 0 Å². The molecule has 6 heteroatoms. The highest BCUT2D eigenvalue weighted by molar-refractivity contribution is 6.00. The molecule has 0 unspecified atom stereocenters. The minimum atomic E-state index is -0.196. The maximum Gasteiger partial charge on any atom is 0.329 e. The number of rotatable bonds is 4. The molecular formula is C23H27N5O. The van der Waals surface area contributed by atoms with Crippen molar-refractivity contribution in [2.45, 2.75) is 52.6 Å². The van der Waals surface area contributed by atoms with E-state index in [1.165, 1.54) is 6.42 Å². The second kappa shape index (κ2) is 8.47. The predicted molar refractivity (Wildman–Crippen MR) is 115 cm³/mol. The molecule has 1 aromatic heterocycles. The van der Waals surface area contributed by atoms with Gasteiger partial charge in [0.05, 0.1) is 6.54 Å². The molecule has 0 saturated heterocycles. The fourth-order valence-corrected chi connectivity index (χ4v) is 3.77. The number of fused-ring (bicyclic) bond motifs is 1. The number of amides is 2. The minimum absolute atomic E-state index is 0.196. The van der Waals surface area contributed by atoms with Crippen LogP contribution in [-0.2, 0) is 19.5 Å². The summed E-state index contributed by atoms with van der Waals surface area (Å²) in [6.07, 6.45) is 4.28. The predicted octanol–water partition coefficient (Wildman–Crippen LogP) is 4.86. The highest BCUT2D eigenvalue weighted by Crippen LogP contribution is 2.24. The van der Waals surface area contributed by atoms with Crippen LogP contribution in [0.5, 0.6) is 0 Å². The van der Waals surface area contributed by atoms with Gasteiger partial charge in [-0.15, -0.1) is 10.2 Å². The maximum absolute atomic E-state index is 13.3. The lowest BCUT2D eigenvalue weighted by Crippen LogP contribution is -2.37. The molecule has 3 aromatic rings. The molecule has 0 saturated carbocycles. The molecule has 0 bridgehead atoms. The Kier molecular flexibility index (Phi) is 5.60. The van der Waals surface area contributed by atoms with Crippen LogP contribution in [0.25, 0.3) is 0 Å². The van der Waals surface area contributed by atoms with E-state index in [9.17, 15) is 4.79 Å². The summed E-state index contributed by atoms with van der Waals surface area (Å²) in [7, 11) is 0. The van der Waals surface area contributed by atoms with Gasteiger partial charge in [-0.25, -0.2) is 4.79 Å². The van der Waals surface area contributed by atoms with Gasteiger partial charge in [-0.1, -0.05) is 42.8 Å². The van der Waals surface area contributed by atoms with Crippen molar-refractivity contribution in [2.75, 3.05) is 10.2 Å². The number of carbonyl (C=O) groups is 1. The van der Waals surface area contributed by atoms with Crippen LogP contribution in [-0.4, -0.2) is 20.8 Å². The summed E-state index contributed by atoms with van der Waals surface area (Å²) in [6.45, 7) is 5.37. The Morgan fingerprint density at radius 2 is 1.93 bits per heavy atom. The lowest BCUT2D eigenvalue weighted by Gasteiger charge is -2.24. The van der Waals surface area contributed by atoms with E-state index in [-0.39, 0.29) is 6.03 Å². The van der Waals surface area contributed by atoms with Crippen molar-refractivity contribution in [1.29, 1.82) is 0 Å². The average Bonchev–Trinajstić information content (AvgIpc) is 2.94. The van der Waals surface area contributed by atoms with E-state index in [1.54, 1.807) is 4.90 Å². The Hall–Kier alpha value is -3.15. The Bertz CT molecular complexity index is 1010. The fourth-order valence-electron chi connectivity index (χ4n) is 3.77. The first kappa shape index (κ1) is 19.2. The van der Waals surface area contributed by atoms with Gasteiger partial charge in [0.1, 0.15) is 5.82 Å². The number of carbonyl (C=O) groups excluding carboxylic acids is 1. The van der Waals surface area contributed by atoms with E-state index in [1.807, 2.05) is 43.3 Å². The fraction of sp³-hybridized carbons (Fsp3) is 0.348. The number of hydrogen-bond acceptors (Lipinski definition) is 3. The van der Waals surface area contributed by atoms with Gasteiger partial charge in [-0.3, -0.25) is 9.47 Å². The lowest BCUT2D eigenvalue weighted by atomic mass is 10.1. The van der Waals surface area contributed by atoms with E-state index >= 15 is 0 Å².